The molecule has 116 valence electrons. The van der Waals surface area contributed by atoms with Gasteiger partial charge in [-0.3, -0.25) is 14.8 Å². The second kappa shape index (κ2) is 6.39. The predicted octanol–water partition coefficient (Wildman–Crippen LogP) is 2.59. The van der Waals surface area contributed by atoms with Crippen LogP contribution in [0.2, 0.25) is 0 Å². The zero-order chi connectivity index (χ0) is 16.2. The molecule has 0 saturated carbocycles. The number of amides is 1. The molecule has 0 aliphatic carbocycles. The Hall–Kier alpha value is -3.02. The van der Waals surface area contributed by atoms with Crippen LogP contribution in [0.1, 0.15) is 27.3 Å². The van der Waals surface area contributed by atoms with Gasteiger partial charge in [-0.05, 0) is 43.7 Å². The summed E-state index contributed by atoms with van der Waals surface area (Å²) in [5.74, 6) is 0.0677. The average Bonchev–Trinajstić information content (AvgIpc) is 2.86. The van der Waals surface area contributed by atoms with E-state index in [1.165, 1.54) is 0 Å². The zero-order valence-corrected chi connectivity index (χ0v) is 13.0. The normalized spacial score (nSPS) is 10.5. The van der Waals surface area contributed by atoms with Gasteiger partial charge < -0.3 is 0 Å². The minimum absolute atomic E-state index is 0.228. The molecule has 2 aromatic heterocycles. The highest BCUT2D eigenvalue weighted by molar-refractivity contribution is 6.03. The first-order chi connectivity index (χ1) is 11.1. The fourth-order valence-corrected chi connectivity index (χ4v) is 2.31. The summed E-state index contributed by atoms with van der Waals surface area (Å²) in [6.07, 6.45) is 3.17. The number of aryl methyl sites for hydroxylation is 2. The lowest BCUT2D eigenvalue weighted by atomic mass is 10.1. The molecule has 0 bridgehead atoms. The lowest BCUT2D eigenvalue weighted by Crippen LogP contribution is -2.14. The summed E-state index contributed by atoms with van der Waals surface area (Å²) in [6, 6.07) is 11.2. The number of hydrogen-bond donors (Lipinski definition) is 1. The van der Waals surface area contributed by atoms with Gasteiger partial charge in [0.1, 0.15) is 0 Å². The molecule has 3 aromatic rings. The van der Waals surface area contributed by atoms with Gasteiger partial charge in [-0.1, -0.05) is 12.1 Å². The number of rotatable bonds is 4. The van der Waals surface area contributed by atoms with Gasteiger partial charge in [0.15, 0.2) is 0 Å². The number of hydrogen-bond acceptors (Lipinski definition) is 4. The van der Waals surface area contributed by atoms with E-state index in [1.807, 2.05) is 36.7 Å². The summed E-state index contributed by atoms with van der Waals surface area (Å²) in [7, 11) is 0. The van der Waals surface area contributed by atoms with E-state index in [0.29, 0.717) is 18.1 Å². The van der Waals surface area contributed by atoms with Crippen molar-refractivity contribution in [3.63, 3.8) is 0 Å². The second-order valence-corrected chi connectivity index (χ2v) is 5.31. The first kappa shape index (κ1) is 14.9. The number of carbonyl (C=O) groups excluding carboxylic acids is 1. The third kappa shape index (κ3) is 3.60. The maximum absolute atomic E-state index is 12.1. The van der Waals surface area contributed by atoms with Gasteiger partial charge in [0.25, 0.3) is 5.91 Å². The fraction of sp³-hybridized carbons (Fsp3) is 0.176. The number of benzene rings is 1. The molecule has 1 N–H and O–H groups in total. The summed E-state index contributed by atoms with van der Waals surface area (Å²) in [5, 5.41) is 7.10. The maximum atomic E-state index is 12.1. The Labute approximate surface area is 134 Å². The van der Waals surface area contributed by atoms with Gasteiger partial charge in [-0.2, -0.15) is 5.10 Å². The summed E-state index contributed by atoms with van der Waals surface area (Å²) in [6.45, 7) is 4.69. The molecule has 3 rings (SSSR count). The van der Waals surface area contributed by atoms with Crippen LogP contribution in [0.5, 0.6) is 0 Å². The number of anilines is 1. The summed E-state index contributed by atoms with van der Waals surface area (Å²) in [4.78, 5) is 20.1. The van der Waals surface area contributed by atoms with E-state index in [4.69, 9.17) is 0 Å². The molecule has 0 fully saturated rings. The van der Waals surface area contributed by atoms with Crippen LogP contribution in [0.15, 0.2) is 48.8 Å². The van der Waals surface area contributed by atoms with E-state index >= 15 is 0 Å². The molecule has 1 amide bonds. The highest BCUT2D eigenvalue weighted by Gasteiger charge is 2.08. The Morgan fingerprint density at radius 2 is 1.83 bits per heavy atom. The lowest BCUT2D eigenvalue weighted by Gasteiger charge is -2.06. The van der Waals surface area contributed by atoms with Crippen LogP contribution in [-0.4, -0.2) is 25.7 Å². The molecule has 1 aromatic carbocycles. The summed E-state index contributed by atoms with van der Waals surface area (Å²) >= 11 is 0. The number of nitrogens with zero attached hydrogens (tertiary/aromatic N) is 4. The highest BCUT2D eigenvalue weighted by Crippen LogP contribution is 2.10. The van der Waals surface area contributed by atoms with Crippen molar-refractivity contribution in [2.45, 2.75) is 20.4 Å². The number of nitrogens with one attached hydrogen (secondary N) is 1. The molecular weight excluding hydrogens is 290 g/mol. The van der Waals surface area contributed by atoms with Gasteiger partial charge in [0.05, 0.1) is 12.2 Å². The topological polar surface area (TPSA) is 72.7 Å². The van der Waals surface area contributed by atoms with Gasteiger partial charge >= 0.3 is 0 Å². The number of carbonyl (C=O) groups is 1. The zero-order valence-electron chi connectivity index (χ0n) is 13.0. The molecule has 0 unspecified atom stereocenters. The van der Waals surface area contributed by atoms with Crippen LogP contribution in [0.3, 0.4) is 0 Å². The molecule has 6 heteroatoms. The van der Waals surface area contributed by atoms with Crippen LogP contribution in [-0.2, 0) is 6.54 Å². The van der Waals surface area contributed by atoms with E-state index in [9.17, 15) is 4.79 Å². The molecule has 2 heterocycles. The van der Waals surface area contributed by atoms with Crippen LogP contribution in [0, 0.1) is 13.8 Å². The summed E-state index contributed by atoms with van der Waals surface area (Å²) in [5.41, 5.74) is 3.77. The molecule has 0 radical (unpaired) electrons. The Morgan fingerprint density at radius 1 is 1.13 bits per heavy atom. The molecule has 0 spiro atoms. The third-order valence-corrected chi connectivity index (χ3v) is 3.44. The molecule has 0 aliphatic heterocycles. The molecular formula is C17H17N5O. The van der Waals surface area contributed by atoms with Crippen molar-refractivity contribution < 1.29 is 4.79 Å². The minimum atomic E-state index is -0.228. The first-order valence-electron chi connectivity index (χ1n) is 7.30. The van der Waals surface area contributed by atoms with Crippen LogP contribution >= 0.6 is 0 Å². The SMILES string of the molecule is Cc1cc(C)n(Cc2ccc(C(=O)Nc3ncccn3)cc2)n1. The predicted molar refractivity (Wildman–Crippen MR) is 87.2 cm³/mol. The molecule has 0 aliphatic rings. The minimum Gasteiger partial charge on any atom is -0.290 e. The van der Waals surface area contributed by atoms with Gasteiger partial charge in [-0.15, -0.1) is 0 Å². The average molecular weight is 307 g/mol. The van der Waals surface area contributed by atoms with Crippen LogP contribution in [0.25, 0.3) is 0 Å². The van der Waals surface area contributed by atoms with E-state index in [2.05, 4.69) is 20.4 Å². The van der Waals surface area contributed by atoms with Crippen LogP contribution < -0.4 is 5.32 Å². The van der Waals surface area contributed by atoms with E-state index < -0.39 is 0 Å². The fourth-order valence-electron chi connectivity index (χ4n) is 2.31. The molecule has 0 atom stereocenters. The third-order valence-electron chi connectivity index (χ3n) is 3.44. The van der Waals surface area contributed by atoms with Gasteiger partial charge in [0, 0.05) is 23.7 Å². The largest absolute Gasteiger partial charge is 0.290 e. The lowest BCUT2D eigenvalue weighted by molar-refractivity contribution is 0.102. The van der Waals surface area contributed by atoms with E-state index in [0.717, 1.165) is 17.0 Å². The number of aromatic nitrogens is 4. The Balaban J connectivity index is 1.69. The van der Waals surface area contributed by atoms with Crippen LogP contribution in [0.4, 0.5) is 5.95 Å². The Kier molecular flexibility index (Phi) is 4.14. The standard InChI is InChI=1S/C17H17N5O/c1-12-10-13(2)22(21-12)11-14-4-6-15(7-5-14)16(23)20-17-18-8-3-9-19-17/h3-10H,11H2,1-2H3,(H,18,19,20,23). The molecule has 0 saturated heterocycles. The first-order valence-corrected chi connectivity index (χ1v) is 7.30. The van der Waals surface area contributed by atoms with Crippen molar-refractivity contribution in [1.29, 1.82) is 0 Å². The second-order valence-electron chi connectivity index (χ2n) is 5.31. The van der Waals surface area contributed by atoms with E-state index in [1.54, 1.807) is 30.6 Å². The van der Waals surface area contributed by atoms with E-state index in [-0.39, 0.29) is 5.91 Å². The monoisotopic (exact) mass is 307 g/mol. The van der Waals surface area contributed by atoms with Crippen molar-refractivity contribution in [3.8, 4) is 0 Å². The van der Waals surface area contributed by atoms with Gasteiger partial charge in [-0.25, -0.2) is 9.97 Å². The quantitative estimate of drug-likeness (QED) is 0.804. The van der Waals surface area contributed by atoms with Crippen molar-refractivity contribution >= 4 is 11.9 Å². The van der Waals surface area contributed by atoms with Gasteiger partial charge in [0.2, 0.25) is 5.95 Å². The smallest absolute Gasteiger partial charge is 0.258 e. The Bertz CT molecular complexity index is 809. The molecule has 23 heavy (non-hydrogen) atoms. The summed E-state index contributed by atoms with van der Waals surface area (Å²) < 4.78 is 1.95. The molecule has 6 nitrogen and oxygen atoms in total. The van der Waals surface area contributed by atoms with Crippen molar-refractivity contribution in [2.24, 2.45) is 0 Å². The van der Waals surface area contributed by atoms with Crippen molar-refractivity contribution in [2.75, 3.05) is 5.32 Å². The van der Waals surface area contributed by atoms with Crippen molar-refractivity contribution in [1.82, 2.24) is 19.7 Å². The Morgan fingerprint density at radius 3 is 2.43 bits per heavy atom. The maximum Gasteiger partial charge on any atom is 0.258 e. The highest BCUT2D eigenvalue weighted by atomic mass is 16.1. The van der Waals surface area contributed by atoms with Crippen molar-refractivity contribution in [3.05, 3.63) is 71.3 Å².